The lowest BCUT2D eigenvalue weighted by Crippen LogP contribution is -2.14. The highest BCUT2D eigenvalue weighted by molar-refractivity contribution is 7.90. The summed E-state index contributed by atoms with van der Waals surface area (Å²) < 4.78 is 24.0. The van der Waals surface area contributed by atoms with E-state index in [0.29, 0.717) is 6.54 Å². The summed E-state index contributed by atoms with van der Waals surface area (Å²) >= 11 is 0. The Morgan fingerprint density at radius 1 is 1.41 bits per heavy atom. The highest BCUT2D eigenvalue weighted by Gasteiger charge is 2.17. The zero-order chi connectivity index (χ0) is 13.2. The smallest absolute Gasteiger partial charge is 0.149 e. The molecular formula is C11H21N3O2S. The van der Waals surface area contributed by atoms with E-state index in [1.165, 1.54) is 6.26 Å². The summed E-state index contributed by atoms with van der Waals surface area (Å²) in [5.41, 5.74) is 8.93. The third kappa shape index (κ3) is 3.54. The van der Waals surface area contributed by atoms with Gasteiger partial charge >= 0.3 is 0 Å². The summed E-state index contributed by atoms with van der Waals surface area (Å²) in [7, 11) is -2.96. The molecule has 0 aliphatic rings. The number of nitrogens with two attached hydrogens (primary N) is 1. The SMILES string of the molecule is CCC(N)c1c(C)nn(CCS(C)(=O)=O)c1C. The number of hydrogen-bond acceptors (Lipinski definition) is 4. The molecule has 0 aliphatic carbocycles. The summed E-state index contributed by atoms with van der Waals surface area (Å²) in [6.45, 7) is 6.27. The fraction of sp³-hybridized carbons (Fsp3) is 0.727. The van der Waals surface area contributed by atoms with E-state index in [0.717, 1.165) is 23.4 Å². The van der Waals surface area contributed by atoms with E-state index in [-0.39, 0.29) is 11.8 Å². The van der Waals surface area contributed by atoms with Crippen molar-refractivity contribution >= 4 is 9.84 Å². The first-order valence-electron chi connectivity index (χ1n) is 5.73. The highest BCUT2D eigenvalue weighted by Crippen LogP contribution is 2.21. The van der Waals surface area contributed by atoms with Gasteiger partial charge in [-0.25, -0.2) is 8.42 Å². The first-order valence-corrected chi connectivity index (χ1v) is 7.79. The molecule has 1 unspecified atom stereocenters. The number of sulfone groups is 1. The standard InChI is InChI=1S/C11H21N3O2S/c1-5-10(12)11-8(2)13-14(9(11)3)6-7-17(4,15)16/h10H,5-7,12H2,1-4H3. The van der Waals surface area contributed by atoms with Gasteiger partial charge in [-0.3, -0.25) is 4.68 Å². The number of aromatic nitrogens is 2. The normalized spacial score (nSPS) is 13.9. The van der Waals surface area contributed by atoms with Crippen molar-refractivity contribution in [2.75, 3.05) is 12.0 Å². The van der Waals surface area contributed by atoms with Gasteiger partial charge in [-0.1, -0.05) is 6.92 Å². The number of hydrogen-bond donors (Lipinski definition) is 1. The van der Waals surface area contributed by atoms with E-state index >= 15 is 0 Å². The highest BCUT2D eigenvalue weighted by atomic mass is 32.2. The topological polar surface area (TPSA) is 78.0 Å². The van der Waals surface area contributed by atoms with Crippen molar-refractivity contribution in [3.8, 4) is 0 Å². The molecule has 1 heterocycles. The van der Waals surface area contributed by atoms with Crippen molar-refractivity contribution in [3.05, 3.63) is 17.0 Å². The second-order valence-electron chi connectivity index (χ2n) is 4.45. The molecule has 1 aromatic rings. The molecule has 17 heavy (non-hydrogen) atoms. The molecule has 1 atom stereocenters. The Kier molecular flexibility index (Phi) is 4.32. The van der Waals surface area contributed by atoms with Crippen molar-refractivity contribution < 1.29 is 8.42 Å². The Labute approximate surface area is 103 Å². The average molecular weight is 259 g/mol. The minimum atomic E-state index is -2.96. The summed E-state index contributed by atoms with van der Waals surface area (Å²) in [5.74, 6) is 0.107. The molecule has 0 radical (unpaired) electrons. The van der Waals surface area contributed by atoms with Crippen LogP contribution in [0.5, 0.6) is 0 Å². The predicted octanol–water partition coefficient (Wildman–Crippen LogP) is 0.954. The fourth-order valence-electron chi connectivity index (χ4n) is 1.92. The van der Waals surface area contributed by atoms with E-state index in [2.05, 4.69) is 5.10 Å². The Hall–Kier alpha value is -0.880. The second-order valence-corrected chi connectivity index (χ2v) is 6.71. The lowest BCUT2D eigenvalue weighted by atomic mass is 10.0. The molecule has 0 spiro atoms. The summed E-state index contributed by atoms with van der Waals surface area (Å²) in [5, 5.41) is 4.35. The van der Waals surface area contributed by atoms with E-state index < -0.39 is 9.84 Å². The molecule has 6 heteroatoms. The van der Waals surface area contributed by atoms with Gasteiger partial charge in [0.25, 0.3) is 0 Å². The van der Waals surface area contributed by atoms with Crippen LogP contribution in [0.2, 0.25) is 0 Å². The molecule has 0 amide bonds. The lowest BCUT2D eigenvalue weighted by molar-refractivity contribution is 0.580. The van der Waals surface area contributed by atoms with E-state index in [4.69, 9.17) is 5.73 Å². The van der Waals surface area contributed by atoms with Gasteiger partial charge < -0.3 is 5.73 Å². The minimum Gasteiger partial charge on any atom is -0.324 e. The molecule has 98 valence electrons. The van der Waals surface area contributed by atoms with Gasteiger partial charge in [0.05, 0.1) is 18.0 Å². The lowest BCUT2D eigenvalue weighted by Gasteiger charge is -2.10. The van der Waals surface area contributed by atoms with Crippen LogP contribution in [-0.2, 0) is 16.4 Å². The molecule has 1 rings (SSSR count). The molecule has 0 saturated carbocycles. The maximum absolute atomic E-state index is 11.1. The molecule has 2 N–H and O–H groups in total. The van der Waals surface area contributed by atoms with Gasteiger partial charge in [0.1, 0.15) is 9.84 Å². The number of rotatable bonds is 5. The zero-order valence-corrected chi connectivity index (χ0v) is 11.7. The third-order valence-corrected chi connectivity index (χ3v) is 3.85. The largest absolute Gasteiger partial charge is 0.324 e. The van der Waals surface area contributed by atoms with Gasteiger partial charge in [0.15, 0.2) is 0 Å². The number of nitrogens with zero attached hydrogens (tertiary/aromatic N) is 2. The molecule has 0 bridgehead atoms. The van der Waals surface area contributed by atoms with Crippen LogP contribution in [0, 0.1) is 13.8 Å². The van der Waals surface area contributed by atoms with E-state index in [1.54, 1.807) is 4.68 Å². The van der Waals surface area contributed by atoms with E-state index in [9.17, 15) is 8.42 Å². The molecule has 5 nitrogen and oxygen atoms in total. The molecule has 0 aliphatic heterocycles. The number of aryl methyl sites for hydroxylation is 2. The monoisotopic (exact) mass is 259 g/mol. The van der Waals surface area contributed by atoms with Crippen LogP contribution in [0.1, 0.15) is 36.3 Å². The molecule has 0 fully saturated rings. The van der Waals surface area contributed by atoms with Crippen LogP contribution >= 0.6 is 0 Å². The van der Waals surface area contributed by atoms with Crippen LogP contribution in [0.15, 0.2) is 0 Å². The first-order chi connectivity index (χ1) is 7.76. The Morgan fingerprint density at radius 3 is 2.47 bits per heavy atom. The zero-order valence-electron chi connectivity index (χ0n) is 10.9. The molecular weight excluding hydrogens is 238 g/mol. The molecule has 1 aromatic heterocycles. The Balaban J connectivity index is 2.97. The minimum absolute atomic E-state index is 0.0259. The maximum atomic E-state index is 11.1. The first kappa shape index (κ1) is 14.2. The van der Waals surface area contributed by atoms with Crippen molar-refractivity contribution in [3.63, 3.8) is 0 Å². The van der Waals surface area contributed by atoms with Gasteiger partial charge in [-0.05, 0) is 20.3 Å². The third-order valence-electron chi connectivity index (χ3n) is 2.92. The average Bonchev–Trinajstić information content (AvgIpc) is 2.49. The Bertz CT molecular complexity index is 491. The van der Waals surface area contributed by atoms with Crippen LogP contribution in [-0.4, -0.2) is 30.2 Å². The summed E-state index contributed by atoms with van der Waals surface area (Å²) in [4.78, 5) is 0. The summed E-state index contributed by atoms with van der Waals surface area (Å²) in [6, 6.07) is -0.0259. The van der Waals surface area contributed by atoms with Crippen molar-refractivity contribution in [1.82, 2.24) is 9.78 Å². The van der Waals surface area contributed by atoms with Crippen molar-refractivity contribution in [2.24, 2.45) is 5.73 Å². The Morgan fingerprint density at radius 2 is 2.00 bits per heavy atom. The maximum Gasteiger partial charge on any atom is 0.149 e. The second kappa shape index (κ2) is 5.18. The van der Waals surface area contributed by atoms with Gasteiger partial charge in [0, 0.05) is 23.6 Å². The summed E-state index contributed by atoms with van der Waals surface area (Å²) in [6.07, 6.45) is 2.08. The quantitative estimate of drug-likeness (QED) is 0.854. The molecule has 0 saturated heterocycles. The van der Waals surface area contributed by atoms with Crippen LogP contribution in [0.3, 0.4) is 0 Å². The van der Waals surface area contributed by atoms with Crippen LogP contribution < -0.4 is 5.73 Å². The van der Waals surface area contributed by atoms with Gasteiger partial charge in [-0.2, -0.15) is 5.10 Å². The van der Waals surface area contributed by atoms with Crippen molar-refractivity contribution in [1.29, 1.82) is 0 Å². The van der Waals surface area contributed by atoms with Crippen molar-refractivity contribution in [2.45, 2.75) is 39.8 Å². The fourth-order valence-corrected chi connectivity index (χ4v) is 2.43. The predicted molar refractivity (Wildman–Crippen MR) is 68.6 cm³/mol. The van der Waals surface area contributed by atoms with Gasteiger partial charge in [0.2, 0.25) is 0 Å². The van der Waals surface area contributed by atoms with Crippen LogP contribution in [0.25, 0.3) is 0 Å². The van der Waals surface area contributed by atoms with E-state index in [1.807, 2.05) is 20.8 Å². The molecule has 0 aromatic carbocycles. The van der Waals surface area contributed by atoms with Gasteiger partial charge in [-0.15, -0.1) is 0 Å². The van der Waals surface area contributed by atoms with Crippen LogP contribution in [0.4, 0.5) is 0 Å².